The fourth-order valence-corrected chi connectivity index (χ4v) is 2.03. The van der Waals surface area contributed by atoms with Crippen LogP contribution in [-0.4, -0.2) is 10.2 Å². The second-order valence-corrected chi connectivity index (χ2v) is 4.98. The van der Waals surface area contributed by atoms with E-state index in [9.17, 15) is 0 Å². The van der Waals surface area contributed by atoms with E-state index in [1.165, 1.54) is 5.56 Å². The number of hydrogen-bond donors (Lipinski definition) is 0. The van der Waals surface area contributed by atoms with Crippen LogP contribution in [0.3, 0.4) is 0 Å². The molecular weight excluding hydrogens is 292 g/mol. The van der Waals surface area contributed by atoms with Crippen molar-refractivity contribution in [1.29, 1.82) is 0 Å². The van der Waals surface area contributed by atoms with Gasteiger partial charge in [-0.3, -0.25) is 0 Å². The van der Waals surface area contributed by atoms with Crippen molar-refractivity contribution in [1.82, 2.24) is 10.2 Å². The standard InChI is InChI=1S/C18H18N2O3/c1-2-14-8-10-16(11-9-14)22-13-18-20-19-17(23-18)12-21-15-6-4-3-5-7-15/h3-11H,2,12-13H2,1H3. The van der Waals surface area contributed by atoms with E-state index in [0.29, 0.717) is 11.8 Å². The molecule has 0 bridgehead atoms. The molecule has 0 atom stereocenters. The van der Waals surface area contributed by atoms with E-state index in [1.807, 2.05) is 54.6 Å². The van der Waals surface area contributed by atoms with Gasteiger partial charge in [-0.15, -0.1) is 10.2 Å². The molecule has 118 valence electrons. The first-order valence-electron chi connectivity index (χ1n) is 7.54. The summed E-state index contributed by atoms with van der Waals surface area (Å²) in [6, 6.07) is 17.5. The molecule has 0 radical (unpaired) electrons. The van der Waals surface area contributed by atoms with E-state index >= 15 is 0 Å². The first-order valence-corrected chi connectivity index (χ1v) is 7.54. The number of ether oxygens (including phenoxy) is 2. The van der Waals surface area contributed by atoms with Crippen LogP contribution in [0.15, 0.2) is 59.0 Å². The molecule has 0 spiro atoms. The van der Waals surface area contributed by atoms with Crippen molar-refractivity contribution in [3.63, 3.8) is 0 Å². The number of benzene rings is 2. The maximum absolute atomic E-state index is 5.63. The Morgan fingerprint density at radius 2 is 1.35 bits per heavy atom. The molecule has 3 aromatic rings. The molecule has 0 aliphatic carbocycles. The maximum Gasteiger partial charge on any atom is 0.254 e. The molecule has 0 fully saturated rings. The van der Waals surface area contributed by atoms with Gasteiger partial charge in [0.15, 0.2) is 13.2 Å². The summed E-state index contributed by atoms with van der Waals surface area (Å²) < 4.78 is 16.7. The Bertz CT molecular complexity index is 724. The van der Waals surface area contributed by atoms with Gasteiger partial charge in [0, 0.05) is 0 Å². The van der Waals surface area contributed by atoms with Gasteiger partial charge in [-0.2, -0.15) is 0 Å². The molecule has 0 unspecified atom stereocenters. The van der Waals surface area contributed by atoms with Crippen molar-refractivity contribution >= 4 is 0 Å². The lowest BCUT2D eigenvalue weighted by atomic mass is 10.2. The average Bonchev–Trinajstić information content (AvgIpc) is 3.07. The number of hydrogen-bond acceptors (Lipinski definition) is 5. The molecule has 1 heterocycles. The molecule has 3 rings (SSSR count). The second kappa shape index (κ2) is 7.45. The van der Waals surface area contributed by atoms with E-state index in [2.05, 4.69) is 17.1 Å². The molecule has 5 heteroatoms. The van der Waals surface area contributed by atoms with Crippen LogP contribution >= 0.6 is 0 Å². The first-order chi connectivity index (χ1) is 11.3. The predicted octanol–water partition coefficient (Wildman–Crippen LogP) is 3.79. The Morgan fingerprint density at radius 1 is 0.783 bits per heavy atom. The summed E-state index contributed by atoms with van der Waals surface area (Å²) in [5, 5.41) is 7.90. The molecule has 2 aromatic carbocycles. The van der Waals surface area contributed by atoms with Crippen molar-refractivity contribution in [2.45, 2.75) is 26.6 Å². The largest absolute Gasteiger partial charge is 0.484 e. The van der Waals surface area contributed by atoms with E-state index in [0.717, 1.165) is 17.9 Å². The van der Waals surface area contributed by atoms with Crippen LogP contribution in [0, 0.1) is 0 Å². The van der Waals surface area contributed by atoms with Crippen molar-refractivity contribution in [3.05, 3.63) is 71.9 Å². The zero-order valence-electron chi connectivity index (χ0n) is 12.9. The lowest BCUT2D eigenvalue weighted by molar-refractivity contribution is 0.232. The van der Waals surface area contributed by atoms with Crippen molar-refractivity contribution < 1.29 is 13.9 Å². The van der Waals surface area contributed by atoms with Crippen LogP contribution in [0.25, 0.3) is 0 Å². The van der Waals surface area contributed by atoms with Gasteiger partial charge in [0.25, 0.3) is 11.8 Å². The zero-order chi connectivity index (χ0) is 15.9. The van der Waals surface area contributed by atoms with Gasteiger partial charge in [0.1, 0.15) is 11.5 Å². The molecule has 1 aromatic heterocycles. The lowest BCUT2D eigenvalue weighted by Gasteiger charge is -2.04. The fraction of sp³-hybridized carbons (Fsp3) is 0.222. The highest BCUT2D eigenvalue weighted by Crippen LogP contribution is 2.15. The Kier molecular flexibility index (Phi) is 4.88. The molecule has 0 saturated carbocycles. The highest BCUT2D eigenvalue weighted by Gasteiger charge is 2.07. The van der Waals surface area contributed by atoms with Gasteiger partial charge in [0.05, 0.1) is 0 Å². The third-order valence-corrected chi connectivity index (χ3v) is 3.31. The molecule has 0 saturated heterocycles. The van der Waals surface area contributed by atoms with E-state index < -0.39 is 0 Å². The third kappa shape index (κ3) is 4.32. The molecule has 23 heavy (non-hydrogen) atoms. The van der Waals surface area contributed by atoms with E-state index in [1.54, 1.807) is 0 Å². The third-order valence-electron chi connectivity index (χ3n) is 3.31. The summed E-state index contributed by atoms with van der Waals surface area (Å²) in [6.45, 7) is 2.60. The topological polar surface area (TPSA) is 57.4 Å². The van der Waals surface area contributed by atoms with Crippen LogP contribution in [0.1, 0.15) is 24.3 Å². The maximum atomic E-state index is 5.63. The number of aromatic nitrogens is 2. The van der Waals surface area contributed by atoms with Crippen molar-refractivity contribution in [2.75, 3.05) is 0 Å². The van der Waals surface area contributed by atoms with Gasteiger partial charge in [0.2, 0.25) is 0 Å². The lowest BCUT2D eigenvalue weighted by Crippen LogP contribution is -1.96. The van der Waals surface area contributed by atoms with Crippen LogP contribution in [0.4, 0.5) is 0 Å². The summed E-state index contributed by atoms with van der Waals surface area (Å²) in [7, 11) is 0. The molecule has 0 N–H and O–H groups in total. The van der Waals surface area contributed by atoms with E-state index in [4.69, 9.17) is 13.9 Å². The van der Waals surface area contributed by atoms with Crippen LogP contribution in [-0.2, 0) is 19.6 Å². The number of nitrogens with zero attached hydrogens (tertiary/aromatic N) is 2. The Labute approximate surface area is 134 Å². The Balaban J connectivity index is 1.50. The van der Waals surface area contributed by atoms with Gasteiger partial charge in [-0.1, -0.05) is 37.3 Å². The van der Waals surface area contributed by atoms with Crippen molar-refractivity contribution in [2.24, 2.45) is 0 Å². The van der Waals surface area contributed by atoms with Gasteiger partial charge < -0.3 is 13.9 Å². The normalized spacial score (nSPS) is 10.5. The highest BCUT2D eigenvalue weighted by molar-refractivity contribution is 5.27. The van der Waals surface area contributed by atoms with Gasteiger partial charge in [-0.25, -0.2) is 0 Å². The average molecular weight is 310 g/mol. The summed E-state index contributed by atoms with van der Waals surface area (Å²) in [5.74, 6) is 2.40. The minimum absolute atomic E-state index is 0.238. The number of aryl methyl sites for hydroxylation is 1. The van der Waals surface area contributed by atoms with Gasteiger partial charge >= 0.3 is 0 Å². The zero-order valence-corrected chi connectivity index (χ0v) is 12.9. The van der Waals surface area contributed by atoms with Gasteiger partial charge in [-0.05, 0) is 36.2 Å². The molecule has 0 amide bonds. The smallest absolute Gasteiger partial charge is 0.254 e. The minimum Gasteiger partial charge on any atom is -0.484 e. The summed E-state index contributed by atoms with van der Waals surface area (Å²) in [4.78, 5) is 0. The summed E-state index contributed by atoms with van der Waals surface area (Å²) in [6.07, 6.45) is 1.01. The summed E-state index contributed by atoms with van der Waals surface area (Å²) in [5.41, 5.74) is 1.27. The quantitative estimate of drug-likeness (QED) is 0.664. The van der Waals surface area contributed by atoms with E-state index in [-0.39, 0.29) is 13.2 Å². The second-order valence-electron chi connectivity index (χ2n) is 4.98. The van der Waals surface area contributed by atoms with Crippen LogP contribution in [0.2, 0.25) is 0 Å². The van der Waals surface area contributed by atoms with Crippen LogP contribution < -0.4 is 9.47 Å². The van der Waals surface area contributed by atoms with Crippen LogP contribution in [0.5, 0.6) is 11.5 Å². The first kappa shape index (κ1) is 15.1. The predicted molar refractivity (Wildman–Crippen MR) is 85.2 cm³/mol. The molecule has 5 nitrogen and oxygen atoms in total. The van der Waals surface area contributed by atoms with Crippen molar-refractivity contribution in [3.8, 4) is 11.5 Å². The fourth-order valence-electron chi connectivity index (χ4n) is 2.03. The minimum atomic E-state index is 0.238. The molecular formula is C18H18N2O3. The number of rotatable bonds is 7. The summed E-state index contributed by atoms with van der Waals surface area (Å²) >= 11 is 0. The molecule has 0 aliphatic rings. The number of para-hydroxylation sites is 1. The Morgan fingerprint density at radius 3 is 1.91 bits per heavy atom. The Hall–Kier alpha value is -2.82. The highest BCUT2D eigenvalue weighted by atomic mass is 16.5. The SMILES string of the molecule is CCc1ccc(OCc2nnc(COc3ccccc3)o2)cc1. The monoisotopic (exact) mass is 310 g/mol. The molecule has 0 aliphatic heterocycles.